The van der Waals surface area contributed by atoms with E-state index in [2.05, 4.69) is 16.4 Å². The lowest BCUT2D eigenvalue weighted by atomic mass is 10.1. The van der Waals surface area contributed by atoms with Gasteiger partial charge < -0.3 is 15.0 Å². The highest BCUT2D eigenvalue weighted by molar-refractivity contribution is 5.90. The summed E-state index contributed by atoms with van der Waals surface area (Å²) in [6, 6.07) is 12.0. The number of nitrogens with zero attached hydrogens (tertiary/aromatic N) is 2. The quantitative estimate of drug-likeness (QED) is 0.929. The minimum atomic E-state index is -0.0694. The van der Waals surface area contributed by atoms with E-state index in [1.807, 2.05) is 56.0 Å². The van der Waals surface area contributed by atoms with E-state index < -0.39 is 0 Å². The van der Waals surface area contributed by atoms with Crippen LogP contribution in [-0.2, 0) is 11.2 Å². The van der Waals surface area contributed by atoms with Gasteiger partial charge in [-0.15, -0.1) is 0 Å². The van der Waals surface area contributed by atoms with E-state index in [-0.39, 0.29) is 18.2 Å². The number of urea groups is 1. The number of carbonyl (C=O) groups is 1. The van der Waals surface area contributed by atoms with E-state index >= 15 is 0 Å². The van der Waals surface area contributed by atoms with Crippen LogP contribution in [0.25, 0.3) is 0 Å². The largest absolute Gasteiger partial charge is 0.372 e. The van der Waals surface area contributed by atoms with E-state index in [0.29, 0.717) is 13.1 Å². The first-order valence-electron chi connectivity index (χ1n) is 8.72. The molecular weight excluding hydrogens is 314 g/mol. The smallest absolute Gasteiger partial charge is 0.322 e. The Bertz CT molecular complexity index is 723. The number of hydrogen-bond donors (Lipinski definition) is 1. The molecule has 1 aliphatic rings. The van der Waals surface area contributed by atoms with Gasteiger partial charge in [0.15, 0.2) is 0 Å². The number of rotatable bonds is 3. The number of carbonyl (C=O) groups excluding carboxylic acids is 1. The van der Waals surface area contributed by atoms with Gasteiger partial charge in [-0.25, -0.2) is 4.79 Å². The third-order valence-electron chi connectivity index (χ3n) is 4.36. The van der Waals surface area contributed by atoms with Gasteiger partial charge in [-0.3, -0.25) is 4.98 Å². The number of morpholine rings is 1. The van der Waals surface area contributed by atoms with E-state index in [4.69, 9.17) is 4.74 Å². The zero-order valence-electron chi connectivity index (χ0n) is 15.0. The molecule has 0 unspecified atom stereocenters. The van der Waals surface area contributed by atoms with Gasteiger partial charge in [0, 0.05) is 37.1 Å². The summed E-state index contributed by atoms with van der Waals surface area (Å²) in [5.74, 6) is 0. The summed E-state index contributed by atoms with van der Waals surface area (Å²) in [7, 11) is 0. The number of amides is 2. The zero-order chi connectivity index (χ0) is 17.8. The minimum absolute atomic E-state index is 0.0612. The molecule has 5 heteroatoms. The summed E-state index contributed by atoms with van der Waals surface area (Å²) in [6.07, 6.45) is 2.67. The molecule has 1 saturated heterocycles. The molecule has 0 spiro atoms. The van der Waals surface area contributed by atoms with Crippen LogP contribution in [0.3, 0.4) is 0 Å². The third-order valence-corrected chi connectivity index (χ3v) is 4.36. The third kappa shape index (κ3) is 4.57. The number of anilines is 1. The van der Waals surface area contributed by atoms with E-state index in [9.17, 15) is 4.79 Å². The Balaban J connectivity index is 1.71. The van der Waals surface area contributed by atoms with Crippen molar-refractivity contribution in [1.82, 2.24) is 9.88 Å². The second kappa shape index (κ2) is 7.66. The molecule has 2 amide bonds. The summed E-state index contributed by atoms with van der Waals surface area (Å²) in [6.45, 7) is 7.22. The van der Waals surface area contributed by atoms with E-state index in [1.54, 1.807) is 6.20 Å². The molecular formula is C20H25N3O2. The highest BCUT2D eigenvalue weighted by Crippen LogP contribution is 2.20. The first kappa shape index (κ1) is 17.4. The molecule has 2 heterocycles. The lowest BCUT2D eigenvalue weighted by molar-refractivity contribution is -0.0530. The van der Waals surface area contributed by atoms with Gasteiger partial charge in [-0.05, 0) is 50.1 Å². The number of aromatic nitrogens is 1. The van der Waals surface area contributed by atoms with Crippen LogP contribution >= 0.6 is 0 Å². The van der Waals surface area contributed by atoms with Crippen LogP contribution in [0.2, 0.25) is 0 Å². The minimum Gasteiger partial charge on any atom is -0.372 e. The highest BCUT2D eigenvalue weighted by Gasteiger charge is 2.26. The summed E-state index contributed by atoms with van der Waals surface area (Å²) in [5, 5.41) is 3.06. The molecule has 2 atom stereocenters. The van der Waals surface area contributed by atoms with Crippen LogP contribution in [0.15, 0.2) is 42.6 Å². The van der Waals surface area contributed by atoms with Crippen molar-refractivity contribution in [3.63, 3.8) is 0 Å². The summed E-state index contributed by atoms with van der Waals surface area (Å²) in [5.41, 5.74) is 4.04. The van der Waals surface area contributed by atoms with Gasteiger partial charge in [-0.2, -0.15) is 0 Å². The van der Waals surface area contributed by atoms with Crippen molar-refractivity contribution in [2.45, 2.75) is 39.4 Å². The van der Waals surface area contributed by atoms with Crippen LogP contribution in [0.5, 0.6) is 0 Å². The van der Waals surface area contributed by atoms with Crippen molar-refractivity contribution in [2.75, 3.05) is 18.4 Å². The normalized spacial score (nSPS) is 20.4. The molecule has 3 rings (SSSR count). The van der Waals surface area contributed by atoms with Crippen molar-refractivity contribution < 1.29 is 9.53 Å². The number of benzene rings is 1. The maximum absolute atomic E-state index is 12.6. The Labute approximate surface area is 149 Å². The summed E-state index contributed by atoms with van der Waals surface area (Å²) in [4.78, 5) is 18.8. The molecule has 132 valence electrons. The Morgan fingerprint density at radius 2 is 2.00 bits per heavy atom. The average molecular weight is 339 g/mol. The van der Waals surface area contributed by atoms with E-state index in [0.717, 1.165) is 28.9 Å². The van der Waals surface area contributed by atoms with Crippen LogP contribution in [0, 0.1) is 6.92 Å². The molecule has 2 aromatic rings. The molecule has 1 aromatic heterocycles. The number of hydrogen-bond acceptors (Lipinski definition) is 3. The first-order valence-corrected chi connectivity index (χ1v) is 8.72. The average Bonchev–Trinajstić information content (AvgIpc) is 2.58. The van der Waals surface area contributed by atoms with Crippen molar-refractivity contribution in [1.29, 1.82) is 0 Å². The van der Waals surface area contributed by atoms with Crippen LogP contribution < -0.4 is 5.32 Å². The van der Waals surface area contributed by atoms with Gasteiger partial charge in [0.05, 0.1) is 12.2 Å². The first-order chi connectivity index (χ1) is 12.0. The summed E-state index contributed by atoms with van der Waals surface area (Å²) >= 11 is 0. The maximum Gasteiger partial charge on any atom is 0.322 e. The fourth-order valence-electron chi connectivity index (χ4n) is 3.16. The molecule has 25 heavy (non-hydrogen) atoms. The van der Waals surface area contributed by atoms with Crippen molar-refractivity contribution in [2.24, 2.45) is 0 Å². The fourth-order valence-corrected chi connectivity index (χ4v) is 3.16. The number of ether oxygens (including phenoxy) is 1. The number of pyridine rings is 1. The van der Waals surface area contributed by atoms with Crippen LogP contribution in [-0.4, -0.2) is 41.2 Å². The SMILES string of the molecule is Cc1ccc(Cc2ccccn2)cc1NC(=O)N1C[C@H](C)O[C@@H](C)C1. The standard InChI is InChI=1S/C20H25N3O2/c1-14-7-8-17(10-18-6-4-5-9-21-18)11-19(14)22-20(24)23-12-15(2)25-16(3)13-23/h4-9,11,15-16H,10,12-13H2,1-3H3,(H,22,24)/t15-,16-/m0/s1. The van der Waals surface area contributed by atoms with Crippen molar-refractivity contribution in [3.8, 4) is 0 Å². The van der Waals surface area contributed by atoms with Gasteiger partial charge in [0.2, 0.25) is 0 Å². The Morgan fingerprint density at radius 3 is 2.68 bits per heavy atom. The lowest BCUT2D eigenvalue weighted by Crippen LogP contribution is -2.49. The van der Waals surface area contributed by atoms with Gasteiger partial charge >= 0.3 is 6.03 Å². The molecule has 1 aromatic carbocycles. The molecule has 1 N–H and O–H groups in total. The molecule has 0 radical (unpaired) electrons. The topological polar surface area (TPSA) is 54.5 Å². The predicted octanol–water partition coefficient (Wildman–Crippen LogP) is 3.62. The Kier molecular flexibility index (Phi) is 5.34. The monoisotopic (exact) mass is 339 g/mol. The summed E-state index contributed by atoms with van der Waals surface area (Å²) < 4.78 is 5.70. The molecule has 0 bridgehead atoms. The maximum atomic E-state index is 12.6. The Hall–Kier alpha value is -2.40. The molecule has 0 saturated carbocycles. The van der Waals surface area contributed by atoms with Gasteiger partial charge in [0.25, 0.3) is 0 Å². The predicted molar refractivity (Wildman–Crippen MR) is 98.8 cm³/mol. The van der Waals surface area contributed by atoms with Crippen LogP contribution in [0.1, 0.15) is 30.7 Å². The molecule has 5 nitrogen and oxygen atoms in total. The number of aryl methyl sites for hydroxylation is 1. The van der Waals surface area contributed by atoms with Crippen LogP contribution in [0.4, 0.5) is 10.5 Å². The van der Waals surface area contributed by atoms with Crippen molar-refractivity contribution in [3.05, 3.63) is 59.4 Å². The molecule has 0 aliphatic carbocycles. The zero-order valence-corrected chi connectivity index (χ0v) is 15.0. The Morgan fingerprint density at radius 1 is 1.24 bits per heavy atom. The molecule has 1 fully saturated rings. The van der Waals surface area contributed by atoms with E-state index in [1.165, 1.54) is 0 Å². The fraction of sp³-hybridized carbons (Fsp3) is 0.400. The second-order valence-corrected chi connectivity index (χ2v) is 6.74. The van der Waals surface area contributed by atoms with Gasteiger partial charge in [0.1, 0.15) is 0 Å². The molecule has 1 aliphatic heterocycles. The highest BCUT2D eigenvalue weighted by atomic mass is 16.5. The van der Waals surface area contributed by atoms with Gasteiger partial charge in [-0.1, -0.05) is 18.2 Å². The lowest BCUT2D eigenvalue weighted by Gasteiger charge is -2.35. The van der Waals surface area contributed by atoms with Crippen molar-refractivity contribution >= 4 is 11.7 Å². The second-order valence-electron chi connectivity index (χ2n) is 6.74. The number of nitrogens with one attached hydrogen (secondary N) is 1.